The molecule has 1 saturated carbocycles. The first-order valence-corrected chi connectivity index (χ1v) is 34.1. The topological polar surface area (TPSA) is 175 Å². The van der Waals surface area contributed by atoms with Crippen molar-refractivity contribution in [3.8, 4) is 22.6 Å². The number of ether oxygens (including phenoxy) is 3. The number of aromatic nitrogens is 4. The van der Waals surface area contributed by atoms with Gasteiger partial charge in [0.05, 0.1) is 40.2 Å². The molecule has 27 heteroatoms. The summed E-state index contributed by atoms with van der Waals surface area (Å²) in [6.07, 6.45) is -10.6. The van der Waals surface area contributed by atoms with Crippen molar-refractivity contribution in [2.24, 2.45) is 16.7 Å². The van der Waals surface area contributed by atoms with Crippen LogP contribution >= 0.6 is 0 Å². The van der Waals surface area contributed by atoms with Crippen molar-refractivity contribution in [2.45, 2.75) is 83.4 Å². The average molecular weight is 1350 g/mol. The summed E-state index contributed by atoms with van der Waals surface area (Å²) < 4.78 is 145. The van der Waals surface area contributed by atoms with Gasteiger partial charge in [0, 0.05) is 106 Å². The van der Waals surface area contributed by atoms with E-state index in [4.69, 9.17) is 4.74 Å². The number of halogens is 10. The van der Waals surface area contributed by atoms with E-state index < -0.39 is 85.4 Å². The molecule has 0 bridgehead atoms. The van der Waals surface area contributed by atoms with E-state index in [1.165, 1.54) is 29.9 Å². The number of piperazine rings is 1. The highest BCUT2D eigenvalue weighted by molar-refractivity contribution is 6.76. The second-order valence-corrected chi connectivity index (χ2v) is 30.0. The van der Waals surface area contributed by atoms with Gasteiger partial charge in [0.25, 0.3) is 0 Å². The number of fused-ring (bicyclic) bond motifs is 1. The normalized spacial score (nSPS) is 18.3. The molecule has 3 unspecified atom stereocenters. The number of alkyl halides is 9. The summed E-state index contributed by atoms with van der Waals surface area (Å²) in [6, 6.07) is 39.8. The Bertz CT molecular complexity index is 3650. The third-order valence-corrected chi connectivity index (χ3v) is 17.8. The fraction of sp³-hybridized carbons (Fsp3) is 0.397. The molecule has 510 valence electrons. The summed E-state index contributed by atoms with van der Waals surface area (Å²) in [7, 11) is 2.56. The SMILES string of the molecule is C=C(C(=O)OC)C(F)(F)F.COC(=O)C1(C(F)(F)F)CCN(Cc2ccccc2)C1.COCN(Cc1ccccc1)C[Si](C)(C)C.O=C(CC1CCC(C(=O)Nc2ccc3[nH]nc(-c4ccc(F)cc4)c3c2)(C(F)(F)F)C1)N1CCN(c2ccc(-c3ncccn3)cc2)CC1. The lowest BCUT2D eigenvalue weighted by Crippen LogP contribution is -2.49. The van der Waals surface area contributed by atoms with Gasteiger partial charge in [-0.15, -0.1) is 0 Å². The first kappa shape index (κ1) is 73.9. The van der Waals surface area contributed by atoms with Crippen LogP contribution in [-0.4, -0.2) is 159 Å². The van der Waals surface area contributed by atoms with Gasteiger partial charge in [0.2, 0.25) is 11.8 Å². The number of carbonyl (C=O) groups excluding carboxylic acids is 4. The molecule has 7 aromatic rings. The number of nitrogens with one attached hydrogen (secondary N) is 2. The van der Waals surface area contributed by atoms with Gasteiger partial charge >= 0.3 is 30.5 Å². The first-order chi connectivity index (χ1) is 44.9. The molecule has 2 aromatic heterocycles. The van der Waals surface area contributed by atoms with E-state index in [1.807, 2.05) is 54.6 Å². The Balaban J connectivity index is 0.000000225. The van der Waals surface area contributed by atoms with E-state index in [0.717, 1.165) is 44.3 Å². The molecule has 4 heterocycles. The standard InChI is InChI=1S/C36H33F4N7O2.C14H16F3NO2.C13H23NOSi.C5H5F3O2/c37-26-6-2-24(3-7-26)32-29-21-27(8-11-30(29)44-45-32)43-34(49)35(36(38,39)40)13-12-23(22-35)20-31(48)47-18-16-46(17-19-47)28-9-4-25(5-10-28)33-41-14-1-15-42-33;1-20-12(19)13(14(15,16)17)7-8-18(10-13)9-11-5-3-2-4-6-11;1-15-11-14(12-16(2,3)4)10-13-8-6-5-7-9-13;1-3(4(9)10-2)5(6,7)8/h1-11,14-15,21,23H,12-13,16-20,22H2,(H,43,49)(H,44,45);2-6H,7-10H2,1H3;5-9H,10-12H2,1-4H3;1H2,2H3. The maximum absolute atomic E-state index is 14.7. The number of amides is 2. The fourth-order valence-electron chi connectivity index (χ4n) is 11.6. The van der Waals surface area contributed by atoms with E-state index >= 15 is 0 Å². The van der Waals surface area contributed by atoms with Gasteiger partial charge in [0.1, 0.15) is 16.8 Å². The lowest BCUT2D eigenvalue weighted by Gasteiger charge is -2.36. The number of benzene rings is 5. The smallest absolute Gasteiger partial charge is 0.422 e. The number of esters is 2. The number of likely N-dealkylation sites (tertiary alicyclic amines) is 1. The predicted octanol–water partition coefficient (Wildman–Crippen LogP) is 13.7. The summed E-state index contributed by atoms with van der Waals surface area (Å²) in [5.41, 5.74) is -0.423. The zero-order chi connectivity index (χ0) is 69.4. The fourth-order valence-corrected chi connectivity index (χ4v) is 13.1. The highest BCUT2D eigenvalue weighted by Crippen LogP contribution is 2.54. The van der Waals surface area contributed by atoms with E-state index in [1.54, 1.807) is 59.6 Å². The molecule has 2 aliphatic heterocycles. The third kappa shape index (κ3) is 19.8. The van der Waals surface area contributed by atoms with Gasteiger partial charge in [-0.25, -0.2) is 19.2 Å². The van der Waals surface area contributed by atoms with Gasteiger partial charge in [0.15, 0.2) is 11.2 Å². The Morgan fingerprint density at radius 3 is 1.86 bits per heavy atom. The Morgan fingerprint density at radius 1 is 0.716 bits per heavy atom. The number of carbonyl (C=O) groups is 4. The number of aromatic amines is 1. The lowest BCUT2D eigenvalue weighted by molar-refractivity contribution is -0.229. The van der Waals surface area contributed by atoms with Gasteiger partial charge in [-0.2, -0.15) is 44.6 Å². The van der Waals surface area contributed by atoms with Crippen LogP contribution < -0.4 is 10.2 Å². The second kappa shape index (κ2) is 32.3. The maximum atomic E-state index is 14.7. The number of H-pyrrole nitrogens is 1. The Kier molecular flexibility index (Phi) is 25.1. The minimum Gasteiger partial charge on any atom is -0.468 e. The zero-order valence-electron chi connectivity index (χ0n) is 53.5. The Hall–Kier alpha value is -8.53. The maximum Gasteiger partial charge on any atom is 0.422 e. The van der Waals surface area contributed by atoms with Crippen LogP contribution in [0.2, 0.25) is 19.6 Å². The molecular weight excluding hydrogens is 1270 g/mol. The predicted molar refractivity (Wildman–Crippen MR) is 343 cm³/mol. The van der Waals surface area contributed by atoms with Crippen molar-refractivity contribution in [2.75, 3.05) is 83.7 Å². The van der Waals surface area contributed by atoms with Gasteiger partial charge < -0.3 is 29.3 Å². The number of hydrogen-bond donors (Lipinski definition) is 2. The van der Waals surface area contributed by atoms with E-state index in [9.17, 15) is 63.1 Å². The number of anilines is 2. The molecule has 2 saturated heterocycles. The van der Waals surface area contributed by atoms with Crippen molar-refractivity contribution in [1.29, 1.82) is 0 Å². The lowest BCUT2D eigenvalue weighted by atomic mass is 9.82. The van der Waals surface area contributed by atoms with Crippen LogP contribution in [0, 0.1) is 22.6 Å². The minimum absolute atomic E-state index is 0.0428. The number of methoxy groups -OCH3 is 3. The van der Waals surface area contributed by atoms with Crippen LogP contribution in [0.1, 0.15) is 43.2 Å². The number of nitrogens with zero attached hydrogens (tertiary/aromatic N) is 7. The van der Waals surface area contributed by atoms with Crippen LogP contribution in [-0.2, 0) is 46.5 Å². The zero-order valence-corrected chi connectivity index (χ0v) is 54.5. The summed E-state index contributed by atoms with van der Waals surface area (Å²) in [5, 5.41) is 10.2. The van der Waals surface area contributed by atoms with Crippen LogP contribution in [0.25, 0.3) is 33.5 Å². The van der Waals surface area contributed by atoms with E-state index in [-0.39, 0.29) is 43.9 Å². The van der Waals surface area contributed by atoms with Crippen LogP contribution in [0.4, 0.5) is 55.3 Å². The number of rotatable bonds is 17. The molecule has 0 spiro atoms. The molecular formula is C68H77F10N9O7Si. The first-order valence-electron chi connectivity index (χ1n) is 30.4. The molecule has 0 radical (unpaired) electrons. The minimum atomic E-state index is -4.80. The largest absolute Gasteiger partial charge is 0.468 e. The van der Waals surface area contributed by atoms with Gasteiger partial charge in [-0.3, -0.25) is 29.3 Å². The van der Waals surface area contributed by atoms with E-state index in [2.05, 4.69) is 101 Å². The molecule has 16 nitrogen and oxygen atoms in total. The Morgan fingerprint density at radius 2 is 1.32 bits per heavy atom. The molecule has 2 N–H and O–H groups in total. The van der Waals surface area contributed by atoms with Crippen molar-refractivity contribution < 1.29 is 77.3 Å². The second-order valence-electron chi connectivity index (χ2n) is 24.6. The number of hydrogen-bond acceptors (Lipinski definition) is 13. The van der Waals surface area contributed by atoms with Crippen molar-refractivity contribution in [3.63, 3.8) is 0 Å². The van der Waals surface area contributed by atoms with Crippen LogP contribution in [0.3, 0.4) is 0 Å². The van der Waals surface area contributed by atoms with Crippen LogP contribution in [0.5, 0.6) is 0 Å². The summed E-state index contributed by atoms with van der Waals surface area (Å²) in [5.74, 6) is -4.33. The molecule has 95 heavy (non-hydrogen) atoms. The van der Waals surface area contributed by atoms with E-state index in [0.29, 0.717) is 60.7 Å². The molecule has 3 fully saturated rings. The Labute approximate surface area is 545 Å². The third-order valence-electron chi connectivity index (χ3n) is 16.4. The summed E-state index contributed by atoms with van der Waals surface area (Å²) in [4.78, 5) is 64.9. The quantitative estimate of drug-likeness (QED) is 0.0290. The molecule has 2 amide bonds. The van der Waals surface area contributed by atoms with Gasteiger partial charge in [-0.05, 0) is 122 Å². The summed E-state index contributed by atoms with van der Waals surface area (Å²) in [6.45, 7) is 13.7. The molecule has 1 aliphatic carbocycles. The highest BCUT2D eigenvalue weighted by atomic mass is 28.3. The molecule has 10 rings (SSSR count). The highest BCUT2D eigenvalue weighted by Gasteiger charge is 2.65. The van der Waals surface area contributed by atoms with Crippen molar-refractivity contribution >= 4 is 54.1 Å². The molecule has 3 atom stereocenters. The van der Waals surface area contributed by atoms with Crippen LogP contribution in [0.15, 0.2) is 158 Å². The monoisotopic (exact) mass is 1350 g/mol. The van der Waals surface area contributed by atoms with Crippen molar-refractivity contribution in [3.05, 3.63) is 175 Å². The molecule has 3 aliphatic rings. The summed E-state index contributed by atoms with van der Waals surface area (Å²) >= 11 is 0. The average Bonchev–Trinajstić information content (AvgIpc) is 1.66. The van der Waals surface area contributed by atoms with Crippen molar-refractivity contribution in [1.82, 2.24) is 34.9 Å². The van der Waals surface area contributed by atoms with Gasteiger partial charge in [-0.1, -0.05) is 86.9 Å². The molecule has 5 aromatic carbocycles.